The van der Waals surface area contributed by atoms with Gasteiger partial charge in [0, 0.05) is 39.1 Å². The molecule has 2 fully saturated rings. The minimum absolute atomic E-state index is 0.0166. The highest BCUT2D eigenvalue weighted by molar-refractivity contribution is 5.76. The summed E-state index contributed by atoms with van der Waals surface area (Å²) in [5.41, 5.74) is 0.720. The van der Waals surface area contributed by atoms with Crippen molar-refractivity contribution in [2.45, 2.75) is 44.6 Å². The van der Waals surface area contributed by atoms with Gasteiger partial charge in [-0.2, -0.15) is 4.52 Å². The smallest absolute Gasteiger partial charge is 0.220 e. The van der Waals surface area contributed by atoms with Crippen LogP contribution in [0.2, 0.25) is 0 Å². The molecule has 0 bridgehead atoms. The number of rotatable bonds is 6. The van der Waals surface area contributed by atoms with Crippen molar-refractivity contribution in [2.24, 2.45) is 0 Å². The third-order valence-electron chi connectivity index (χ3n) is 4.87. The zero-order valence-electron chi connectivity index (χ0n) is 14.4. The van der Waals surface area contributed by atoms with Gasteiger partial charge in [0.2, 0.25) is 5.91 Å². The van der Waals surface area contributed by atoms with Gasteiger partial charge in [-0.05, 0) is 37.8 Å². The lowest BCUT2D eigenvalue weighted by molar-refractivity contribution is -0.121. The fraction of sp³-hybridized carbons (Fsp3) is 0.647. The van der Waals surface area contributed by atoms with Gasteiger partial charge in [0.15, 0.2) is 11.5 Å². The minimum atomic E-state index is 0.0166. The van der Waals surface area contributed by atoms with E-state index in [0.717, 1.165) is 49.8 Å². The van der Waals surface area contributed by atoms with Gasteiger partial charge in [0.1, 0.15) is 5.82 Å². The van der Waals surface area contributed by atoms with Crippen molar-refractivity contribution in [3.05, 3.63) is 18.0 Å². The largest absolute Gasteiger partial charge is 0.376 e. The van der Waals surface area contributed by atoms with E-state index in [-0.39, 0.29) is 12.0 Å². The molecule has 2 saturated heterocycles. The van der Waals surface area contributed by atoms with Crippen molar-refractivity contribution in [1.29, 1.82) is 0 Å². The Morgan fingerprint density at radius 3 is 2.92 bits per heavy atom. The number of anilines is 1. The van der Waals surface area contributed by atoms with Crippen LogP contribution < -0.4 is 10.2 Å². The lowest BCUT2D eigenvalue weighted by atomic mass is 10.2. The molecular weight excluding hydrogens is 320 g/mol. The Kier molecular flexibility index (Phi) is 4.78. The van der Waals surface area contributed by atoms with Crippen molar-refractivity contribution in [2.75, 3.05) is 31.1 Å². The zero-order chi connectivity index (χ0) is 17.1. The molecule has 4 heterocycles. The molecule has 0 radical (unpaired) electrons. The Morgan fingerprint density at radius 2 is 2.12 bits per heavy atom. The average Bonchev–Trinajstić information content (AvgIpc) is 3.39. The SMILES string of the molecule is O=C(CCc1nnc2ccc(N3CCCC3)nn12)NCC1CCCO1. The highest BCUT2D eigenvalue weighted by Gasteiger charge is 2.18. The van der Waals surface area contributed by atoms with Gasteiger partial charge in [-0.3, -0.25) is 4.79 Å². The van der Waals surface area contributed by atoms with Crippen LogP contribution in [-0.4, -0.2) is 58.1 Å². The predicted octanol–water partition coefficient (Wildman–Crippen LogP) is 0.952. The van der Waals surface area contributed by atoms with Crippen LogP contribution in [0.4, 0.5) is 5.82 Å². The molecule has 2 aliphatic rings. The summed E-state index contributed by atoms with van der Waals surface area (Å²) in [4.78, 5) is 14.3. The maximum atomic E-state index is 12.1. The van der Waals surface area contributed by atoms with E-state index in [9.17, 15) is 4.79 Å². The van der Waals surface area contributed by atoms with E-state index < -0.39 is 0 Å². The van der Waals surface area contributed by atoms with Crippen LogP contribution in [0.3, 0.4) is 0 Å². The fourth-order valence-electron chi connectivity index (χ4n) is 3.44. The van der Waals surface area contributed by atoms with E-state index in [4.69, 9.17) is 4.74 Å². The number of hydrogen-bond acceptors (Lipinski definition) is 6. The third kappa shape index (κ3) is 3.73. The lowest BCUT2D eigenvalue weighted by Crippen LogP contribution is -2.32. The number of carbonyl (C=O) groups is 1. The van der Waals surface area contributed by atoms with Gasteiger partial charge in [0.25, 0.3) is 0 Å². The summed E-state index contributed by atoms with van der Waals surface area (Å²) in [7, 11) is 0. The van der Waals surface area contributed by atoms with Gasteiger partial charge in [-0.15, -0.1) is 15.3 Å². The van der Waals surface area contributed by atoms with Crippen molar-refractivity contribution in [3.63, 3.8) is 0 Å². The number of fused-ring (bicyclic) bond motifs is 1. The first-order chi connectivity index (χ1) is 12.3. The Labute approximate surface area is 146 Å². The first kappa shape index (κ1) is 16.3. The Bertz CT molecular complexity index is 734. The number of carbonyl (C=O) groups excluding carboxylic acids is 1. The van der Waals surface area contributed by atoms with Crippen LogP contribution in [-0.2, 0) is 16.0 Å². The molecule has 0 aliphatic carbocycles. The normalized spacial score (nSPS) is 20.5. The van der Waals surface area contributed by atoms with Gasteiger partial charge in [-0.25, -0.2) is 0 Å². The molecule has 1 unspecified atom stereocenters. The standard InChI is InChI=1S/C17H24N6O2/c24-17(18-12-13-4-3-11-25-13)8-7-15-20-19-14-5-6-16(21-23(14)15)22-9-1-2-10-22/h5-6,13H,1-4,7-12H2,(H,18,24). The maximum Gasteiger partial charge on any atom is 0.220 e. The lowest BCUT2D eigenvalue weighted by Gasteiger charge is -2.15. The minimum Gasteiger partial charge on any atom is -0.376 e. The van der Waals surface area contributed by atoms with Crippen LogP contribution in [0, 0.1) is 0 Å². The van der Waals surface area contributed by atoms with E-state index in [1.165, 1.54) is 12.8 Å². The molecule has 8 nitrogen and oxygen atoms in total. The summed E-state index contributed by atoms with van der Waals surface area (Å²) < 4.78 is 7.28. The van der Waals surface area contributed by atoms with Crippen molar-refractivity contribution >= 4 is 17.4 Å². The maximum absolute atomic E-state index is 12.1. The van der Waals surface area contributed by atoms with E-state index in [1.54, 1.807) is 4.52 Å². The van der Waals surface area contributed by atoms with Gasteiger partial charge >= 0.3 is 0 Å². The van der Waals surface area contributed by atoms with E-state index in [2.05, 4.69) is 25.5 Å². The molecule has 1 atom stereocenters. The summed E-state index contributed by atoms with van der Waals surface area (Å²) in [6.07, 6.45) is 5.59. The second kappa shape index (κ2) is 7.35. The molecule has 4 rings (SSSR count). The second-order valence-corrected chi connectivity index (χ2v) is 6.71. The molecule has 8 heteroatoms. The molecule has 1 N–H and O–H groups in total. The molecule has 1 amide bonds. The molecule has 0 spiro atoms. The molecule has 134 valence electrons. The number of nitrogens with one attached hydrogen (secondary N) is 1. The number of hydrogen-bond donors (Lipinski definition) is 1. The quantitative estimate of drug-likeness (QED) is 0.840. The van der Waals surface area contributed by atoms with Gasteiger partial charge in [0.05, 0.1) is 6.10 Å². The van der Waals surface area contributed by atoms with Crippen LogP contribution in [0.15, 0.2) is 12.1 Å². The van der Waals surface area contributed by atoms with Gasteiger partial charge < -0.3 is 15.0 Å². The van der Waals surface area contributed by atoms with E-state index >= 15 is 0 Å². The predicted molar refractivity (Wildman–Crippen MR) is 92.5 cm³/mol. The molecule has 0 saturated carbocycles. The van der Waals surface area contributed by atoms with Gasteiger partial charge in [-0.1, -0.05) is 0 Å². The van der Waals surface area contributed by atoms with Crippen LogP contribution in [0.1, 0.15) is 37.9 Å². The Hall–Kier alpha value is -2.22. The first-order valence-corrected chi connectivity index (χ1v) is 9.14. The van der Waals surface area contributed by atoms with Crippen molar-refractivity contribution < 1.29 is 9.53 Å². The Morgan fingerprint density at radius 1 is 1.24 bits per heavy atom. The third-order valence-corrected chi connectivity index (χ3v) is 4.87. The second-order valence-electron chi connectivity index (χ2n) is 6.71. The molecule has 25 heavy (non-hydrogen) atoms. The van der Waals surface area contributed by atoms with Crippen molar-refractivity contribution in [1.82, 2.24) is 25.1 Å². The molecule has 0 aromatic carbocycles. The highest BCUT2D eigenvalue weighted by Crippen LogP contribution is 2.18. The molecular formula is C17H24N6O2. The number of ether oxygens (including phenoxy) is 1. The zero-order valence-corrected chi connectivity index (χ0v) is 14.4. The Balaban J connectivity index is 1.37. The summed E-state index contributed by atoms with van der Waals surface area (Å²) in [5.74, 6) is 1.69. The van der Waals surface area contributed by atoms with E-state index in [1.807, 2.05) is 12.1 Å². The monoisotopic (exact) mass is 344 g/mol. The molecule has 2 aliphatic heterocycles. The van der Waals surface area contributed by atoms with E-state index in [0.29, 0.717) is 19.4 Å². The summed E-state index contributed by atoms with van der Waals surface area (Å²) in [6.45, 7) is 3.48. The van der Waals surface area contributed by atoms with Crippen molar-refractivity contribution in [3.8, 4) is 0 Å². The summed E-state index contributed by atoms with van der Waals surface area (Å²) in [5, 5.41) is 16.0. The van der Waals surface area contributed by atoms with Crippen LogP contribution >= 0.6 is 0 Å². The molecule has 2 aromatic rings. The number of nitrogens with zero attached hydrogens (tertiary/aromatic N) is 5. The summed E-state index contributed by atoms with van der Waals surface area (Å²) in [6, 6.07) is 3.93. The number of aromatic nitrogens is 4. The topological polar surface area (TPSA) is 84.7 Å². The number of amides is 1. The van der Waals surface area contributed by atoms with Crippen LogP contribution in [0.5, 0.6) is 0 Å². The first-order valence-electron chi connectivity index (χ1n) is 9.14. The molecule has 2 aromatic heterocycles. The summed E-state index contributed by atoms with van der Waals surface area (Å²) >= 11 is 0. The fourth-order valence-corrected chi connectivity index (χ4v) is 3.44. The number of aryl methyl sites for hydroxylation is 1. The highest BCUT2D eigenvalue weighted by atomic mass is 16.5. The average molecular weight is 344 g/mol. The van der Waals surface area contributed by atoms with Crippen LogP contribution in [0.25, 0.3) is 5.65 Å².